The van der Waals surface area contributed by atoms with E-state index in [0.717, 1.165) is 28.7 Å². The van der Waals surface area contributed by atoms with Crippen LogP contribution >= 0.6 is 0 Å². The van der Waals surface area contributed by atoms with Crippen LogP contribution < -0.4 is 9.47 Å². The van der Waals surface area contributed by atoms with E-state index < -0.39 is 0 Å². The molecule has 4 rings (SSSR count). The number of Topliss-reactive ketones (excluding diaryl/α,β-unsaturated/α-hetero) is 1. The van der Waals surface area contributed by atoms with Gasteiger partial charge in [0.2, 0.25) is 0 Å². The summed E-state index contributed by atoms with van der Waals surface area (Å²) in [5.74, 6) is 1.28. The summed E-state index contributed by atoms with van der Waals surface area (Å²) < 4.78 is 10.7. The van der Waals surface area contributed by atoms with Crippen LogP contribution in [0.1, 0.15) is 43.8 Å². The maximum Gasteiger partial charge on any atom is 0.187 e. The second-order valence-electron chi connectivity index (χ2n) is 5.93. The van der Waals surface area contributed by atoms with Gasteiger partial charge in [-0.05, 0) is 53.5 Å². The van der Waals surface area contributed by atoms with Gasteiger partial charge < -0.3 is 9.47 Å². The molecule has 0 aromatic heterocycles. The molecule has 4 nitrogen and oxygen atoms in total. The van der Waals surface area contributed by atoms with Gasteiger partial charge in [-0.3, -0.25) is 9.59 Å². The quantitative estimate of drug-likeness (QED) is 0.869. The van der Waals surface area contributed by atoms with E-state index in [0.29, 0.717) is 29.0 Å². The van der Waals surface area contributed by atoms with E-state index in [1.54, 1.807) is 26.4 Å². The zero-order chi connectivity index (χ0) is 16.8. The predicted molar refractivity (Wildman–Crippen MR) is 90.0 cm³/mol. The molecule has 0 saturated carbocycles. The lowest BCUT2D eigenvalue weighted by molar-refractivity contribution is 0.0992. The highest BCUT2D eigenvalue weighted by molar-refractivity contribution is 6.21. The lowest BCUT2D eigenvalue weighted by Crippen LogP contribution is -2.02. The minimum absolute atomic E-state index is 0.0796. The van der Waals surface area contributed by atoms with E-state index in [1.807, 2.05) is 24.3 Å². The highest BCUT2D eigenvalue weighted by Gasteiger charge is 2.31. The Balaban J connectivity index is 1.97. The number of hydrogen-bond acceptors (Lipinski definition) is 4. The molecule has 0 amide bonds. The normalized spacial score (nSPS) is 15.2. The fourth-order valence-electron chi connectivity index (χ4n) is 3.55. The molecule has 0 radical (unpaired) electrons. The van der Waals surface area contributed by atoms with Crippen LogP contribution in [0.15, 0.2) is 36.4 Å². The minimum atomic E-state index is -0.0796. The van der Waals surface area contributed by atoms with Gasteiger partial charge in [0.05, 0.1) is 14.2 Å². The monoisotopic (exact) mass is 320 g/mol. The number of carbonyl (C=O) groups is 2. The zero-order valence-electron chi connectivity index (χ0n) is 13.5. The molecular weight excluding hydrogens is 304 g/mol. The van der Waals surface area contributed by atoms with Crippen molar-refractivity contribution in [1.29, 1.82) is 0 Å². The summed E-state index contributed by atoms with van der Waals surface area (Å²) in [6.45, 7) is 0. The first-order valence-corrected chi connectivity index (χ1v) is 7.82. The van der Waals surface area contributed by atoms with Crippen LogP contribution in [-0.2, 0) is 6.42 Å². The number of methoxy groups -OCH3 is 2. The average molecular weight is 320 g/mol. The Morgan fingerprint density at radius 3 is 2.46 bits per heavy atom. The molecule has 0 unspecified atom stereocenters. The van der Waals surface area contributed by atoms with Gasteiger partial charge in [-0.2, -0.15) is 0 Å². The van der Waals surface area contributed by atoms with Gasteiger partial charge in [0.1, 0.15) is 11.5 Å². The third kappa shape index (κ3) is 1.99. The topological polar surface area (TPSA) is 52.6 Å². The van der Waals surface area contributed by atoms with E-state index in [-0.39, 0.29) is 11.6 Å². The van der Waals surface area contributed by atoms with Crippen molar-refractivity contribution in [3.8, 4) is 11.5 Å². The standard InChI is InChI=1S/C20H16O4/c1-23-12-5-6-13-14(9-12)17(22)10-15(13)20-18(24-2)8-4-11-3-7-16(21)19(11)20/h4-6,8-10H,3,7H2,1-2H3. The number of fused-ring (bicyclic) bond motifs is 2. The van der Waals surface area contributed by atoms with Crippen LogP contribution in [0.4, 0.5) is 0 Å². The molecule has 2 aromatic carbocycles. The number of rotatable bonds is 3. The molecule has 120 valence electrons. The van der Waals surface area contributed by atoms with Crippen molar-refractivity contribution in [2.24, 2.45) is 0 Å². The molecule has 0 saturated heterocycles. The lowest BCUT2D eigenvalue weighted by atomic mass is 9.92. The van der Waals surface area contributed by atoms with Gasteiger partial charge in [-0.1, -0.05) is 6.07 Å². The molecule has 2 aromatic rings. The predicted octanol–water partition coefficient (Wildman–Crippen LogP) is 3.46. The van der Waals surface area contributed by atoms with Crippen molar-refractivity contribution >= 4 is 17.1 Å². The van der Waals surface area contributed by atoms with Crippen molar-refractivity contribution in [1.82, 2.24) is 0 Å². The molecular formula is C20H16O4. The molecule has 2 aliphatic rings. The van der Waals surface area contributed by atoms with Crippen LogP contribution in [-0.4, -0.2) is 25.8 Å². The Labute approximate surface area is 139 Å². The summed E-state index contributed by atoms with van der Waals surface area (Å²) in [5.41, 5.74) is 4.60. The summed E-state index contributed by atoms with van der Waals surface area (Å²) in [7, 11) is 3.15. The zero-order valence-corrected chi connectivity index (χ0v) is 13.5. The first-order valence-electron chi connectivity index (χ1n) is 7.82. The molecule has 0 N–H and O–H groups in total. The molecule has 2 aliphatic carbocycles. The second kappa shape index (κ2) is 5.34. The third-order valence-electron chi connectivity index (χ3n) is 4.70. The molecule has 24 heavy (non-hydrogen) atoms. The second-order valence-corrected chi connectivity index (χ2v) is 5.93. The van der Waals surface area contributed by atoms with Crippen molar-refractivity contribution < 1.29 is 19.1 Å². The number of hydrogen-bond donors (Lipinski definition) is 0. The van der Waals surface area contributed by atoms with Crippen molar-refractivity contribution in [3.05, 3.63) is 64.2 Å². The summed E-state index contributed by atoms with van der Waals surface area (Å²) in [4.78, 5) is 24.9. The van der Waals surface area contributed by atoms with Gasteiger partial charge in [0, 0.05) is 23.1 Å². The lowest BCUT2D eigenvalue weighted by Gasteiger charge is -2.15. The summed E-state index contributed by atoms with van der Waals surface area (Å²) in [6.07, 6.45) is 2.84. The van der Waals surface area contributed by atoms with E-state index in [2.05, 4.69) is 0 Å². The first-order chi connectivity index (χ1) is 11.6. The van der Waals surface area contributed by atoms with E-state index in [4.69, 9.17) is 9.47 Å². The summed E-state index contributed by atoms with van der Waals surface area (Å²) in [6, 6.07) is 9.24. The largest absolute Gasteiger partial charge is 0.497 e. The van der Waals surface area contributed by atoms with Crippen molar-refractivity contribution in [2.75, 3.05) is 14.2 Å². The smallest absolute Gasteiger partial charge is 0.187 e. The fourth-order valence-corrected chi connectivity index (χ4v) is 3.55. The maximum atomic E-state index is 12.4. The fraction of sp³-hybridized carbons (Fsp3) is 0.200. The molecule has 0 fully saturated rings. The highest BCUT2D eigenvalue weighted by atomic mass is 16.5. The Morgan fingerprint density at radius 2 is 1.71 bits per heavy atom. The number of allylic oxidation sites excluding steroid dienone is 1. The highest BCUT2D eigenvalue weighted by Crippen LogP contribution is 2.43. The van der Waals surface area contributed by atoms with Gasteiger partial charge in [-0.25, -0.2) is 0 Å². The molecule has 0 bridgehead atoms. The number of ketones is 2. The van der Waals surface area contributed by atoms with Gasteiger partial charge >= 0.3 is 0 Å². The van der Waals surface area contributed by atoms with E-state index >= 15 is 0 Å². The SMILES string of the molecule is COc1ccc2c(c1)C(=O)C=C2c1c(OC)ccc2c1C(=O)CC2. The number of carbonyl (C=O) groups excluding carboxylic acids is 2. The van der Waals surface area contributed by atoms with Crippen molar-refractivity contribution in [3.63, 3.8) is 0 Å². The van der Waals surface area contributed by atoms with Crippen LogP contribution in [0, 0.1) is 0 Å². The molecule has 0 heterocycles. The first kappa shape index (κ1) is 14.7. The molecule has 0 atom stereocenters. The van der Waals surface area contributed by atoms with Crippen molar-refractivity contribution in [2.45, 2.75) is 12.8 Å². The van der Waals surface area contributed by atoms with E-state index in [1.165, 1.54) is 0 Å². The Kier molecular flexibility index (Phi) is 3.27. The minimum Gasteiger partial charge on any atom is -0.497 e. The Bertz CT molecular complexity index is 921. The van der Waals surface area contributed by atoms with Crippen LogP contribution in [0.2, 0.25) is 0 Å². The Morgan fingerprint density at radius 1 is 0.875 bits per heavy atom. The number of aryl methyl sites for hydroxylation is 1. The van der Waals surface area contributed by atoms with Crippen LogP contribution in [0.5, 0.6) is 11.5 Å². The van der Waals surface area contributed by atoms with Gasteiger partial charge in [0.15, 0.2) is 11.6 Å². The maximum absolute atomic E-state index is 12.4. The number of benzene rings is 2. The third-order valence-corrected chi connectivity index (χ3v) is 4.70. The average Bonchev–Trinajstić information content (AvgIpc) is 3.14. The van der Waals surface area contributed by atoms with Crippen LogP contribution in [0.25, 0.3) is 5.57 Å². The Hall–Kier alpha value is -2.88. The number of ether oxygens (including phenoxy) is 2. The molecule has 4 heteroatoms. The summed E-state index contributed by atoms with van der Waals surface area (Å²) >= 11 is 0. The van der Waals surface area contributed by atoms with Gasteiger partial charge in [-0.15, -0.1) is 0 Å². The van der Waals surface area contributed by atoms with Crippen LogP contribution in [0.3, 0.4) is 0 Å². The summed E-state index contributed by atoms with van der Waals surface area (Å²) in [5, 5.41) is 0. The van der Waals surface area contributed by atoms with E-state index in [9.17, 15) is 9.59 Å². The molecule has 0 spiro atoms. The molecule has 0 aliphatic heterocycles. The van der Waals surface area contributed by atoms with Gasteiger partial charge in [0.25, 0.3) is 0 Å².